The number of aromatic nitrogens is 2. The van der Waals surface area contributed by atoms with E-state index in [9.17, 15) is 9.59 Å². The van der Waals surface area contributed by atoms with Gasteiger partial charge in [0.2, 0.25) is 11.8 Å². The fourth-order valence-corrected chi connectivity index (χ4v) is 3.12. The summed E-state index contributed by atoms with van der Waals surface area (Å²) in [5.41, 5.74) is 0. The Balaban J connectivity index is 1.47. The molecule has 3 rings (SSSR count). The van der Waals surface area contributed by atoms with Crippen LogP contribution in [-0.2, 0) is 16.6 Å². The number of rotatable bonds is 7. The van der Waals surface area contributed by atoms with Gasteiger partial charge in [-0.3, -0.25) is 9.59 Å². The fraction of sp³-hybridized carbons (Fsp3) is 0.688. The quantitative estimate of drug-likeness (QED) is 0.828. The van der Waals surface area contributed by atoms with Gasteiger partial charge < -0.3 is 14.8 Å². The van der Waals surface area contributed by atoms with Crippen molar-refractivity contribution < 1.29 is 9.59 Å². The van der Waals surface area contributed by atoms with E-state index in [1.165, 1.54) is 0 Å². The molecule has 0 aromatic carbocycles. The van der Waals surface area contributed by atoms with Crippen molar-refractivity contribution in [3.63, 3.8) is 0 Å². The molecule has 0 bridgehead atoms. The molecular weight excluding hydrogens is 280 g/mol. The molecule has 2 aliphatic rings. The molecule has 1 aliphatic heterocycles. The zero-order chi connectivity index (χ0) is 15.5. The highest BCUT2D eigenvalue weighted by molar-refractivity contribution is 5.78. The minimum Gasteiger partial charge on any atom is -0.346 e. The number of hydrogen-bond donors (Lipinski definition) is 1. The van der Waals surface area contributed by atoms with Gasteiger partial charge in [0, 0.05) is 45.4 Å². The summed E-state index contributed by atoms with van der Waals surface area (Å²) in [6, 6.07) is 0.0286. The molecule has 1 aliphatic carbocycles. The van der Waals surface area contributed by atoms with Crippen LogP contribution in [-0.4, -0.2) is 39.4 Å². The zero-order valence-electron chi connectivity index (χ0n) is 13.1. The van der Waals surface area contributed by atoms with Crippen LogP contribution in [0.4, 0.5) is 0 Å². The summed E-state index contributed by atoms with van der Waals surface area (Å²) in [6.07, 6.45) is 8.81. The lowest BCUT2D eigenvalue weighted by Gasteiger charge is -2.19. The smallest absolute Gasteiger partial charge is 0.222 e. The average molecular weight is 304 g/mol. The third-order valence-corrected chi connectivity index (χ3v) is 4.55. The maximum absolute atomic E-state index is 12.2. The molecule has 1 saturated carbocycles. The van der Waals surface area contributed by atoms with Crippen molar-refractivity contribution in [1.29, 1.82) is 0 Å². The Hall–Kier alpha value is -1.85. The second-order valence-electron chi connectivity index (χ2n) is 6.37. The van der Waals surface area contributed by atoms with Gasteiger partial charge in [0.15, 0.2) is 0 Å². The molecule has 1 atom stereocenters. The Labute approximate surface area is 130 Å². The lowest BCUT2D eigenvalue weighted by Crippen LogP contribution is -2.32. The number of amides is 2. The molecule has 0 spiro atoms. The molecule has 120 valence electrons. The van der Waals surface area contributed by atoms with Gasteiger partial charge in [-0.1, -0.05) is 0 Å². The summed E-state index contributed by atoms with van der Waals surface area (Å²) >= 11 is 0. The van der Waals surface area contributed by atoms with Gasteiger partial charge in [-0.2, -0.15) is 0 Å². The van der Waals surface area contributed by atoms with Crippen LogP contribution in [0.25, 0.3) is 0 Å². The lowest BCUT2D eigenvalue weighted by atomic mass is 10.1. The van der Waals surface area contributed by atoms with Gasteiger partial charge in [-0.25, -0.2) is 4.98 Å². The number of imidazole rings is 1. The summed E-state index contributed by atoms with van der Waals surface area (Å²) < 4.78 is 1.98. The molecule has 2 heterocycles. The fourth-order valence-electron chi connectivity index (χ4n) is 3.12. The molecule has 0 radical (unpaired) electrons. The Morgan fingerprint density at radius 3 is 2.91 bits per heavy atom. The summed E-state index contributed by atoms with van der Waals surface area (Å²) in [5.74, 6) is 1.74. The molecule has 6 heteroatoms. The van der Waals surface area contributed by atoms with E-state index < -0.39 is 0 Å². The average Bonchev–Trinajstić information content (AvgIpc) is 3.13. The van der Waals surface area contributed by atoms with E-state index in [1.54, 1.807) is 6.20 Å². The van der Waals surface area contributed by atoms with E-state index in [1.807, 2.05) is 22.7 Å². The highest BCUT2D eigenvalue weighted by Gasteiger charge is 2.35. The molecule has 6 nitrogen and oxygen atoms in total. The van der Waals surface area contributed by atoms with Crippen molar-refractivity contribution in [2.24, 2.45) is 13.0 Å². The second-order valence-corrected chi connectivity index (χ2v) is 6.37. The highest BCUT2D eigenvalue weighted by Crippen LogP contribution is 2.40. The Bertz CT molecular complexity index is 550. The van der Waals surface area contributed by atoms with Crippen molar-refractivity contribution in [2.45, 2.75) is 44.6 Å². The number of hydrogen-bond acceptors (Lipinski definition) is 3. The number of likely N-dealkylation sites (tertiary alicyclic amines) is 1. The van der Waals surface area contributed by atoms with Crippen LogP contribution in [0, 0.1) is 5.92 Å². The normalized spacial score (nSPS) is 19.5. The summed E-state index contributed by atoms with van der Waals surface area (Å²) in [7, 11) is 1.96. The predicted octanol–water partition coefficient (Wildman–Crippen LogP) is 1.39. The maximum Gasteiger partial charge on any atom is 0.222 e. The van der Waals surface area contributed by atoms with Crippen molar-refractivity contribution in [3.8, 4) is 0 Å². The van der Waals surface area contributed by atoms with E-state index >= 15 is 0 Å². The van der Waals surface area contributed by atoms with Crippen LogP contribution in [0.5, 0.6) is 0 Å². The summed E-state index contributed by atoms with van der Waals surface area (Å²) in [6.45, 7) is 1.54. The van der Waals surface area contributed by atoms with Crippen LogP contribution >= 0.6 is 0 Å². The van der Waals surface area contributed by atoms with Crippen molar-refractivity contribution in [1.82, 2.24) is 19.8 Å². The van der Waals surface area contributed by atoms with Gasteiger partial charge >= 0.3 is 0 Å². The first-order valence-corrected chi connectivity index (χ1v) is 8.19. The number of nitrogens with zero attached hydrogens (tertiary/aromatic N) is 3. The van der Waals surface area contributed by atoms with Crippen LogP contribution in [0.2, 0.25) is 0 Å². The monoisotopic (exact) mass is 304 g/mol. The van der Waals surface area contributed by atoms with Crippen molar-refractivity contribution in [2.75, 3.05) is 13.1 Å². The van der Waals surface area contributed by atoms with Crippen LogP contribution in [0.1, 0.15) is 50.4 Å². The molecule has 2 fully saturated rings. The minimum absolute atomic E-state index is 0.0286. The lowest BCUT2D eigenvalue weighted by molar-refractivity contribution is -0.128. The third-order valence-electron chi connectivity index (χ3n) is 4.55. The maximum atomic E-state index is 12.2. The van der Waals surface area contributed by atoms with Crippen molar-refractivity contribution >= 4 is 11.8 Å². The molecule has 1 saturated heterocycles. The molecule has 2 amide bonds. The Morgan fingerprint density at radius 2 is 2.32 bits per heavy atom. The second kappa shape index (κ2) is 6.50. The molecule has 1 unspecified atom stereocenters. The van der Waals surface area contributed by atoms with Crippen molar-refractivity contribution in [3.05, 3.63) is 18.2 Å². The Morgan fingerprint density at radius 1 is 1.50 bits per heavy atom. The Kier molecular flexibility index (Phi) is 4.45. The van der Waals surface area contributed by atoms with E-state index in [0.717, 1.165) is 38.1 Å². The van der Waals surface area contributed by atoms with Crippen LogP contribution < -0.4 is 5.32 Å². The first-order valence-electron chi connectivity index (χ1n) is 8.19. The number of aryl methyl sites for hydroxylation is 1. The van der Waals surface area contributed by atoms with Gasteiger partial charge in [0.05, 0.1) is 6.04 Å². The first-order chi connectivity index (χ1) is 10.6. The molecular formula is C16H24N4O2. The van der Waals surface area contributed by atoms with Gasteiger partial charge in [-0.15, -0.1) is 0 Å². The third kappa shape index (κ3) is 3.48. The largest absolute Gasteiger partial charge is 0.346 e. The van der Waals surface area contributed by atoms with Gasteiger partial charge in [-0.05, 0) is 31.6 Å². The van der Waals surface area contributed by atoms with Crippen LogP contribution in [0.15, 0.2) is 12.4 Å². The molecule has 1 N–H and O–H groups in total. The predicted molar refractivity (Wildman–Crippen MR) is 81.9 cm³/mol. The SMILES string of the molecule is Cn1ccnc1C(NC(=O)CCCN1CCCC1=O)C1CC1. The number of nitrogens with one attached hydrogen (secondary N) is 1. The standard InChI is InChI=1S/C16H24N4O2/c1-19-11-8-17-16(19)15(12-6-7-12)18-13(21)4-2-9-20-10-3-5-14(20)22/h8,11-12,15H,2-7,9-10H2,1H3,(H,18,21). The van der Waals surface area contributed by atoms with E-state index in [0.29, 0.717) is 25.3 Å². The van der Waals surface area contributed by atoms with E-state index in [2.05, 4.69) is 10.3 Å². The number of carbonyl (C=O) groups is 2. The topological polar surface area (TPSA) is 67.2 Å². The van der Waals surface area contributed by atoms with Gasteiger partial charge in [0.1, 0.15) is 5.82 Å². The first kappa shape index (κ1) is 15.1. The van der Waals surface area contributed by atoms with E-state index in [4.69, 9.17) is 0 Å². The molecule has 1 aromatic heterocycles. The highest BCUT2D eigenvalue weighted by atomic mass is 16.2. The van der Waals surface area contributed by atoms with Crippen LogP contribution in [0.3, 0.4) is 0 Å². The molecule has 22 heavy (non-hydrogen) atoms. The molecule has 1 aromatic rings. The zero-order valence-corrected chi connectivity index (χ0v) is 13.1. The van der Waals surface area contributed by atoms with Gasteiger partial charge in [0.25, 0.3) is 0 Å². The summed E-state index contributed by atoms with van der Waals surface area (Å²) in [5, 5.41) is 3.13. The summed E-state index contributed by atoms with van der Waals surface area (Å²) in [4.78, 5) is 30.0. The van der Waals surface area contributed by atoms with E-state index in [-0.39, 0.29) is 17.9 Å². The minimum atomic E-state index is 0.0286. The number of carbonyl (C=O) groups excluding carboxylic acids is 2.